The van der Waals surface area contributed by atoms with E-state index in [-0.39, 0.29) is 11.3 Å². The van der Waals surface area contributed by atoms with E-state index in [1.807, 2.05) is 0 Å². The average molecular weight is 460 g/mol. The number of nitrogens with one attached hydrogen (secondary N) is 1. The van der Waals surface area contributed by atoms with Crippen LogP contribution < -0.4 is 5.32 Å². The molecule has 32 heavy (non-hydrogen) atoms. The Labute approximate surface area is 185 Å². The normalized spacial score (nSPS) is 11.6. The van der Waals surface area contributed by atoms with Crippen molar-refractivity contribution in [2.75, 3.05) is 5.32 Å². The Hall–Kier alpha value is -3.80. The number of aromatic nitrogens is 2. The molecule has 1 amide bonds. The number of aryl methyl sites for hydroxylation is 1. The number of hydrogen-bond donors (Lipinski definition) is 1. The van der Waals surface area contributed by atoms with Crippen molar-refractivity contribution in [3.8, 4) is 0 Å². The molecule has 10 nitrogen and oxygen atoms in total. The molecule has 1 N–H and O–H groups in total. The van der Waals surface area contributed by atoms with Crippen LogP contribution in [0.25, 0.3) is 0 Å². The molecule has 3 aromatic rings. The van der Waals surface area contributed by atoms with Crippen molar-refractivity contribution in [1.82, 2.24) is 10.1 Å². The first-order valence-corrected chi connectivity index (χ1v) is 10.2. The number of carbonyl (C=O) groups is 2. The summed E-state index contributed by atoms with van der Waals surface area (Å²) >= 11 is 1.25. The number of pyridine rings is 1. The molecule has 0 spiro atoms. The third-order valence-corrected chi connectivity index (χ3v) is 5.13. The minimum absolute atomic E-state index is 0.00785. The lowest BCUT2D eigenvalue weighted by atomic mass is 10.2. The summed E-state index contributed by atoms with van der Waals surface area (Å²) in [7, 11) is 0. The summed E-state index contributed by atoms with van der Waals surface area (Å²) in [6, 6.07) is 7.74. The van der Waals surface area contributed by atoms with Crippen LogP contribution in [0.2, 0.25) is 0 Å². The first-order valence-electron chi connectivity index (χ1n) is 9.20. The van der Waals surface area contributed by atoms with Gasteiger partial charge in [-0.05, 0) is 38.1 Å². The van der Waals surface area contributed by atoms with Gasteiger partial charge in [0.05, 0.1) is 16.2 Å². The minimum atomic E-state index is -1.23. The number of esters is 1. The Kier molecular flexibility index (Phi) is 7.15. The SMILES string of the molecule is Cc1cc(CSc2ncccc2C(=O)OC(C)C(=O)Nc2ccc(F)c([N+](=O)[O-])c2)no1. The molecule has 166 valence electrons. The minimum Gasteiger partial charge on any atom is -0.449 e. The van der Waals surface area contributed by atoms with Crippen LogP contribution in [-0.4, -0.2) is 33.0 Å². The highest BCUT2D eigenvalue weighted by Gasteiger charge is 2.23. The van der Waals surface area contributed by atoms with Crippen molar-refractivity contribution in [2.24, 2.45) is 0 Å². The highest BCUT2D eigenvalue weighted by Crippen LogP contribution is 2.25. The molecule has 1 aromatic carbocycles. The summed E-state index contributed by atoms with van der Waals surface area (Å²) in [5, 5.41) is 17.5. The third kappa shape index (κ3) is 5.66. The van der Waals surface area contributed by atoms with Crippen LogP contribution in [-0.2, 0) is 15.3 Å². The van der Waals surface area contributed by atoms with E-state index in [1.54, 1.807) is 19.1 Å². The lowest BCUT2D eigenvalue weighted by molar-refractivity contribution is -0.387. The van der Waals surface area contributed by atoms with Crippen molar-refractivity contribution in [1.29, 1.82) is 0 Å². The molecule has 1 unspecified atom stereocenters. The molecular weight excluding hydrogens is 443 g/mol. The van der Waals surface area contributed by atoms with E-state index in [2.05, 4.69) is 15.5 Å². The molecule has 0 saturated heterocycles. The Morgan fingerprint density at radius 1 is 1.34 bits per heavy atom. The Morgan fingerprint density at radius 2 is 2.12 bits per heavy atom. The van der Waals surface area contributed by atoms with E-state index in [9.17, 15) is 24.1 Å². The van der Waals surface area contributed by atoms with Crippen molar-refractivity contribution < 1.29 is 28.2 Å². The van der Waals surface area contributed by atoms with E-state index >= 15 is 0 Å². The second kappa shape index (κ2) is 10.0. The highest BCUT2D eigenvalue weighted by molar-refractivity contribution is 7.98. The smallest absolute Gasteiger partial charge is 0.341 e. The zero-order valence-corrected chi connectivity index (χ0v) is 17.7. The first-order chi connectivity index (χ1) is 15.2. The molecule has 3 rings (SSSR count). The summed E-state index contributed by atoms with van der Waals surface area (Å²) in [6.07, 6.45) is 0.285. The van der Waals surface area contributed by atoms with E-state index in [4.69, 9.17) is 9.26 Å². The van der Waals surface area contributed by atoms with Crippen LogP contribution in [0.4, 0.5) is 15.8 Å². The maximum Gasteiger partial charge on any atom is 0.341 e. The maximum atomic E-state index is 13.4. The van der Waals surface area contributed by atoms with Crippen LogP contribution in [0.1, 0.15) is 28.7 Å². The van der Waals surface area contributed by atoms with Gasteiger partial charge in [0.1, 0.15) is 10.8 Å². The molecule has 0 aliphatic heterocycles. The van der Waals surface area contributed by atoms with Gasteiger partial charge in [-0.1, -0.05) is 16.9 Å². The van der Waals surface area contributed by atoms with Gasteiger partial charge in [0, 0.05) is 29.8 Å². The van der Waals surface area contributed by atoms with Crippen molar-refractivity contribution in [2.45, 2.75) is 30.7 Å². The number of benzene rings is 1. The molecule has 0 bridgehead atoms. The zero-order valence-electron chi connectivity index (χ0n) is 16.9. The predicted molar refractivity (Wildman–Crippen MR) is 112 cm³/mol. The van der Waals surface area contributed by atoms with Gasteiger partial charge in [-0.2, -0.15) is 4.39 Å². The summed E-state index contributed by atoms with van der Waals surface area (Å²) in [5.41, 5.74) is 0.0479. The average Bonchev–Trinajstić information content (AvgIpc) is 3.18. The first kappa shape index (κ1) is 22.9. The number of nitro benzene ring substituents is 1. The topological polar surface area (TPSA) is 137 Å². The number of amides is 1. The van der Waals surface area contributed by atoms with E-state index < -0.39 is 34.4 Å². The predicted octanol–water partition coefficient (Wildman–Crippen LogP) is 3.90. The monoisotopic (exact) mass is 460 g/mol. The van der Waals surface area contributed by atoms with Crippen LogP contribution >= 0.6 is 11.8 Å². The van der Waals surface area contributed by atoms with E-state index in [0.29, 0.717) is 22.2 Å². The fourth-order valence-corrected chi connectivity index (χ4v) is 3.40. The largest absolute Gasteiger partial charge is 0.449 e. The molecule has 2 aromatic heterocycles. The van der Waals surface area contributed by atoms with Gasteiger partial charge >= 0.3 is 11.7 Å². The highest BCUT2D eigenvalue weighted by atomic mass is 32.2. The standard InChI is InChI=1S/C20H17FN4O6S/c1-11-8-14(24-31-11)10-32-19-15(4-3-7-22-19)20(27)30-12(2)18(26)23-13-5-6-16(21)17(9-13)25(28)29/h3-9,12H,10H2,1-2H3,(H,23,26). The lowest BCUT2D eigenvalue weighted by Gasteiger charge is -2.14. The number of thioether (sulfide) groups is 1. The lowest BCUT2D eigenvalue weighted by Crippen LogP contribution is -2.30. The van der Waals surface area contributed by atoms with Gasteiger partial charge in [-0.25, -0.2) is 9.78 Å². The summed E-state index contributed by atoms with van der Waals surface area (Å²) in [5.74, 6) is -1.48. The molecule has 0 aliphatic carbocycles. The zero-order chi connectivity index (χ0) is 23.3. The fraction of sp³-hybridized carbons (Fsp3) is 0.200. The van der Waals surface area contributed by atoms with Crippen LogP contribution in [0.5, 0.6) is 0 Å². The van der Waals surface area contributed by atoms with Gasteiger partial charge in [0.25, 0.3) is 5.91 Å². The van der Waals surface area contributed by atoms with E-state index in [1.165, 1.54) is 30.9 Å². The van der Waals surface area contributed by atoms with Crippen LogP contribution in [0, 0.1) is 22.9 Å². The number of ether oxygens (including phenoxy) is 1. The number of hydrogen-bond acceptors (Lipinski definition) is 9. The quantitative estimate of drug-likeness (QED) is 0.229. The Balaban J connectivity index is 1.64. The van der Waals surface area contributed by atoms with Crippen LogP contribution in [0.3, 0.4) is 0 Å². The van der Waals surface area contributed by atoms with Gasteiger partial charge < -0.3 is 14.6 Å². The van der Waals surface area contributed by atoms with Crippen molar-refractivity contribution in [3.63, 3.8) is 0 Å². The number of nitro groups is 1. The van der Waals surface area contributed by atoms with Gasteiger partial charge in [-0.15, -0.1) is 0 Å². The van der Waals surface area contributed by atoms with Gasteiger partial charge in [0.2, 0.25) is 5.82 Å². The Bertz CT molecular complexity index is 1170. The van der Waals surface area contributed by atoms with Crippen molar-refractivity contribution >= 4 is 35.0 Å². The second-order valence-corrected chi connectivity index (χ2v) is 7.50. The number of carbonyl (C=O) groups excluding carboxylic acids is 2. The molecule has 1 atom stereocenters. The van der Waals surface area contributed by atoms with E-state index in [0.717, 1.165) is 18.2 Å². The molecule has 0 saturated carbocycles. The van der Waals surface area contributed by atoms with Gasteiger partial charge in [-0.3, -0.25) is 14.9 Å². The summed E-state index contributed by atoms with van der Waals surface area (Å²) in [4.78, 5) is 39.1. The number of rotatable bonds is 8. The fourth-order valence-electron chi connectivity index (χ4n) is 2.54. The molecular formula is C20H17FN4O6S. The molecule has 12 heteroatoms. The maximum absolute atomic E-state index is 13.4. The number of nitrogens with zero attached hydrogens (tertiary/aromatic N) is 3. The van der Waals surface area contributed by atoms with Crippen LogP contribution in [0.15, 0.2) is 52.1 Å². The molecule has 0 aliphatic rings. The summed E-state index contributed by atoms with van der Waals surface area (Å²) < 4.78 is 23.7. The second-order valence-electron chi connectivity index (χ2n) is 6.53. The Morgan fingerprint density at radius 3 is 2.81 bits per heavy atom. The summed E-state index contributed by atoms with van der Waals surface area (Å²) in [6.45, 7) is 3.10. The molecule has 0 fully saturated rings. The van der Waals surface area contributed by atoms with Gasteiger partial charge in [0.15, 0.2) is 6.10 Å². The number of halogens is 1. The molecule has 2 heterocycles. The third-order valence-electron chi connectivity index (χ3n) is 4.09. The molecule has 0 radical (unpaired) electrons. The van der Waals surface area contributed by atoms with Crippen molar-refractivity contribution in [3.05, 3.63) is 75.5 Å². The number of anilines is 1.